The molecule has 732 valence electrons. The van der Waals surface area contributed by atoms with Gasteiger partial charge in [-0.15, -0.1) is 68.0 Å². The number of aromatic carboxylic acids is 1. The minimum atomic E-state index is -1.24. The lowest BCUT2D eigenvalue weighted by molar-refractivity contribution is -0.118. The molecule has 138 heavy (non-hydrogen) atoms. The van der Waals surface area contributed by atoms with Crippen molar-refractivity contribution in [3.05, 3.63) is 185 Å². The number of nitrogens with two attached hydrogens (primary N) is 5. The van der Waals surface area contributed by atoms with Crippen molar-refractivity contribution in [2.75, 3.05) is 69.6 Å². The Labute approximate surface area is 863 Å². The van der Waals surface area contributed by atoms with E-state index in [9.17, 15) is 52.7 Å². The van der Waals surface area contributed by atoms with Crippen LogP contribution < -0.4 is 76.4 Å². The normalized spacial score (nSPS) is 11.8. The molecule has 0 spiro atoms. The average Bonchev–Trinajstić information content (AvgIpc) is 1.65. The molecule has 11 heterocycles. The molecule has 2 aliphatic heterocycles. The molecule has 0 saturated carbocycles. The Morgan fingerprint density at radius 3 is 1.35 bits per heavy atom. The number of nitrogen functional groups attached to an aromatic ring is 1. The van der Waals surface area contributed by atoms with E-state index < -0.39 is 75.6 Å². The second kappa shape index (κ2) is 58.1. The third-order valence-corrected chi connectivity index (χ3v) is 22.5. The number of amidine groups is 1. The van der Waals surface area contributed by atoms with Gasteiger partial charge in [-0.05, 0) is 159 Å². The molecule has 9 aromatic heterocycles. The Hall–Kier alpha value is -11.9. The van der Waals surface area contributed by atoms with Gasteiger partial charge in [0.2, 0.25) is 11.0 Å². The van der Waals surface area contributed by atoms with Gasteiger partial charge in [0.15, 0.2) is 69.3 Å². The Morgan fingerprint density at radius 2 is 0.978 bits per heavy atom. The maximum Gasteiger partial charge on any atom is 0.358 e. The number of esters is 3. The fourth-order valence-electron chi connectivity index (χ4n) is 9.66. The highest BCUT2D eigenvalue weighted by Gasteiger charge is 2.31. The molecule has 3 atom stereocenters. The summed E-state index contributed by atoms with van der Waals surface area (Å²) >= 11 is 38.6. The lowest BCUT2D eigenvalue weighted by Crippen LogP contribution is -2.32. The van der Waals surface area contributed by atoms with Crippen LogP contribution in [-0.4, -0.2) is 187 Å². The summed E-state index contributed by atoms with van der Waals surface area (Å²) in [6, 6.07) is 20.5. The predicted octanol–water partition coefficient (Wildman–Crippen LogP) is 14.0. The topological polar surface area (TPSA) is 686 Å². The van der Waals surface area contributed by atoms with Gasteiger partial charge in [0.25, 0.3) is 40.9 Å². The van der Waals surface area contributed by atoms with Crippen LogP contribution in [0.25, 0.3) is 4.85 Å². The van der Waals surface area contributed by atoms with Crippen LogP contribution in [0.2, 0.25) is 0 Å². The van der Waals surface area contributed by atoms with E-state index in [1.807, 2.05) is 54.6 Å². The highest BCUT2D eigenvalue weighted by Crippen LogP contribution is 2.35. The number of halogens is 4. The number of carbonyl (C=O) groups is 8. The standard InChI is InChI=1S/C19H20N6O3S2.C16H11N5O2S2.C12H14N4O3S2.C9H10N2O2S2.C8H4N4O3S2.C8H12N2O2S.C3H4N2O.C3H9NO.CCl2S.Br2/c1-10(8-26)21-15(20)14-16(27)24-30-17(14)23-19-22-12(9-29-19)18(28)25-7-6-11-4-2-3-5-13(11)25;17-7-10-13(22)20-25-14(10)19-16-18-11(8-24-16)15(23)21-6-5-9-3-1-2-4-12(9)21;1-12(2,3)19-10(18)7-5-21-11(15-7)16-9(20)6(4-13)8(14)17;1-9(2,3)13-7(12)6-4-15-8(11-6)10-5-14;9-1-3-5(13)12-17-6(3)11-8-10-4(2-16-8)7(14)15;1-8(2,3)12-6(11)5-4-13-7(9)10-5;1-5-2-3(4)6;1-3(4)2-5;2-1(3)4;1-2/h2-5,9-10,26H,6-8H2,1H3,(H2,20,21)(H,22,23)(H,24,27);1-4,8H,5-6H2,(H,18,19)(H,20,22);5-6H,1-3H3,(H2,14,17)(H,15,16,20);4H,1-3H3;2H,(H,10,11)(H,12,13)(H,14,15);4H,1-3H3,(H2,9,10);2H2,(H2,4,6);3,5H,2,4H2,1H3;;. The number of para-hydroxylation sites is 2. The molecule has 0 aliphatic carbocycles. The second-order valence-corrected chi connectivity index (χ2v) is 39.4. The van der Waals surface area contributed by atoms with E-state index in [0.29, 0.717) is 65.1 Å². The number of aliphatic hydroxyl groups excluding tert-OH is 2. The van der Waals surface area contributed by atoms with Crippen LogP contribution in [0.1, 0.15) is 167 Å². The number of H-pyrrole nitrogens is 3. The van der Waals surface area contributed by atoms with Gasteiger partial charge in [-0.2, -0.15) is 20.8 Å². The predicted molar refractivity (Wildman–Crippen MR) is 557 cm³/mol. The number of hydrogen-bond acceptors (Lipinski definition) is 44. The van der Waals surface area contributed by atoms with Crippen LogP contribution in [-0.2, 0) is 36.6 Å². The fourth-order valence-corrected chi connectivity index (χ4v) is 16.3. The Bertz CT molecular complexity index is 6510. The zero-order chi connectivity index (χ0) is 104. The minimum Gasteiger partial charge on any atom is -0.476 e. The highest BCUT2D eigenvalue weighted by atomic mass is 80.9. The van der Waals surface area contributed by atoms with Crippen molar-refractivity contribution in [1.82, 2.24) is 43.0 Å². The van der Waals surface area contributed by atoms with Gasteiger partial charge in [0.1, 0.15) is 71.7 Å². The fraction of sp³-hybridized carbons (Fsp3) is 0.304. The molecule has 11 aromatic rings. The van der Waals surface area contributed by atoms with E-state index in [2.05, 4.69) is 143 Å². The smallest absolute Gasteiger partial charge is 0.358 e. The zero-order valence-corrected chi connectivity index (χ0v) is 88.4. The van der Waals surface area contributed by atoms with E-state index >= 15 is 0 Å². The summed E-state index contributed by atoms with van der Waals surface area (Å²) in [5.74, 6) is -5.52. The summed E-state index contributed by atoms with van der Waals surface area (Å²) in [7, 11) is 0. The summed E-state index contributed by atoms with van der Waals surface area (Å²) in [4.78, 5) is 164. The summed E-state index contributed by atoms with van der Waals surface area (Å²) in [5.41, 5.74) is 28.6. The number of rotatable bonds is 21. The molecule has 0 fully saturated rings. The number of aromatic amines is 3. The number of carboxylic acids is 1. The number of thiocarbonyl (C=S) groups is 3. The van der Waals surface area contributed by atoms with Gasteiger partial charge >= 0.3 is 23.9 Å². The van der Waals surface area contributed by atoms with Crippen LogP contribution in [0.4, 0.5) is 57.2 Å². The van der Waals surface area contributed by atoms with Crippen molar-refractivity contribution in [3.8, 4) is 18.2 Å². The van der Waals surface area contributed by atoms with Gasteiger partial charge in [0, 0.05) is 91.0 Å². The molecular formula is C79H84Br2Cl2N26O17S12. The summed E-state index contributed by atoms with van der Waals surface area (Å²) in [6.07, 6.45) is 1.66. The first-order chi connectivity index (χ1) is 65.0. The van der Waals surface area contributed by atoms with Crippen LogP contribution in [0, 0.1) is 46.5 Å². The van der Waals surface area contributed by atoms with E-state index in [1.54, 1.807) is 120 Å². The Balaban J connectivity index is 0.000000340. The summed E-state index contributed by atoms with van der Waals surface area (Å²) in [5, 5.41) is 78.8. The number of thiazole rings is 6. The number of aromatic nitrogens is 9. The minimum absolute atomic E-state index is 0.0153. The van der Waals surface area contributed by atoms with Gasteiger partial charge in [-0.1, -0.05) is 84.0 Å². The summed E-state index contributed by atoms with van der Waals surface area (Å²) in [6.45, 7) is 26.5. The van der Waals surface area contributed by atoms with E-state index in [4.69, 9.17) is 110 Å². The highest BCUT2D eigenvalue weighted by molar-refractivity contribution is 9.93. The van der Waals surface area contributed by atoms with Crippen LogP contribution in [0.5, 0.6) is 0 Å². The second-order valence-electron chi connectivity index (χ2n) is 29.4. The van der Waals surface area contributed by atoms with Gasteiger partial charge < -0.3 is 94.1 Å². The number of ether oxygens (including phenoxy) is 3. The molecule has 2 aliphatic rings. The molecular weight excluding hydrogens is 2200 g/mol. The lowest BCUT2D eigenvalue weighted by atomic mass is 10.1. The summed E-state index contributed by atoms with van der Waals surface area (Å²) < 4.78 is 22.8. The monoisotopic (exact) mass is 2280 g/mol. The van der Waals surface area contributed by atoms with Crippen molar-refractivity contribution >= 4 is 315 Å². The van der Waals surface area contributed by atoms with Gasteiger partial charge in [0.05, 0.1) is 30.5 Å². The zero-order valence-electron chi connectivity index (χ0n) is 73.9. The van der Waals surface area contributed by atoms with E-state index in [0.717, 1.165) is 92.6 Å². The lowest BCUT2D eigenvalue weighted by Gasteiger charge is -2.18. The number of nitrogens with zero attached hydrogens (tertiary/aromatic N) is 14. The third kappa shape index (κ3) is 40.3. The molecule has 0 radical (unpaired) electrons. The van der Waals surface area contributed by atoms with Crippen LogP contribution in [0.15, 0.2) is 105 Å². The number of nitrogens with one attached hydrogen (secondary N) is 7. The number of nitriles is 3. The first-order valence-corrected chi connectivity index (χ1v) is 51.9. The van der Waals surface area contributed by atoms with E-state index in [-0.39, 0.29) is 102 Å². The first-order valence-electron chi connectivity index (χ1n) is 38.4. The third-order valence-electron chi connectivity index (χ3n) is 15.2. The van der Waals surface area contributed by atoms with Crippen molar-refractivity contribution in [3.63, 3.8) is 0 Å². The van der Waals surface area contributed by atoms with Gasteiger partial charge in [-0.3, -0.25) is 51.7 Å². The van der Waals surface area contributed by atoms with Crippen molar-refractivity contribution in [2.24, 2.45) is 38.8 Å². The maximum atomic E-state index is 12.9. The SMILES string of the molecule is BrBr.CC(C)(C)OC(=O)c1csc(N)n1.CC(C)(C)OC(=O)c1csc(N=C=S)n1.CC(C)(C)OC(=O)c1csc(NC(=S)C(C#N)C(N)=O)n1.CC(CO)N=C(N)c1c(Nc2nc(C(=O)N3CCc4ccccc43)cs2)s[nH]c1=O.CC(N)CO.N#Cc1c(Nc2nc(C(=O)N3CCc4ccccc43)cs2)s[nH]c1=O.N#Cc1c(Nc2nc(C(=O)O)cs2)s[nH]c1=O.S=C(Cl)Cl.[C-]#[N+]CC(N)=O. The molecule has 13 rings (SSSR count). The maximum absolute atomic E-state index is 12.9. The van der Waals surface area contributed by atoms with Crippen molar-refractivity contribution in [1.29, 1.82) is 15.8 Å². The number of carbonyl (C=O) groups excluding carboxylic acids is 7. The largest absolute Gasteiger partial charge is 0.476 e. The van der Waals surface area contributed by atoms with E-state index in [1.165, 1.54) is 56.1 Å². The number of carboxylic acid groups (broad SMARTS) is 1. The number of benzene rings is 2. The Kier molecular flexibility index (Phi) is 49.9. The van der Waals surface area contributed by atoms with Crippen LogP contribution in [0.3, 0.4) is 0 Å². The Morgan fingerprint density at radius 1 is 0.601 bits per heavy atom. The molecule has 43 nitrogen and oxygen atoms in total. The number of amides is 4. The van der Waals surface area contributed by atoms with Crippen molar-refractivity contribution < 1.29 is 67.9 Å². The molecule has 0 saturated heterocycles. The molecule has 2 aromatic carbocycles. The first kappa shape index (κ1) is 118. The number of fused-ring (bicyclic) bond motifs is 2. The quantitative estimate of drug-likeness (QED) is 0.00604. The molecule has 0 bridgehead atoms. The number of hydrogen-bond donors (Lipinski definition) is 15. The molecule has 20 N–H and O–H groups in total. The molecule has 3 unspecified atom stereocenters. The van der Waals surface area contributed by atoms with Crippen LogP contribution >= 0.6 is 191 Å². The van der Waals surface area contributed by atoms with Crippen molar-refractivity contribution in [2.45, 2.75) is 118 Å². The average molecular weight is 2290 g/mol. The molecule has 4 amide bonds. The number of anilines is 10. The number of isothiocyanates is 1. The molecule has 59 heteroatoms. The number of aliphatic hydroxyl groups is 2. The number of aliphatic imine (C=N–C) groups is 2. The van der Waals surface area contributed by atoms with Gasteiger partial charge in [-0.25, -0.2) is 55.7 Å². The number of primary amides is 2.